The number of nitrogens with zero attached hydrogens (tertiary/aromatic N) is 2. The molecule has 0 spiro atoms. The Balaban J connectivity index is 1.56. The molecule has 0 aliphatic carbocycles. The van der Waals surface area contributed by atoms with E-state index in [0.717, 1.165) is 29.8 Å². The number of nitrogens with one attached hydrogen (secondary N) is 1. The molecule has 1 aliphatic heterocycles. The lowest BCUT2D eigenvalue weighted by Crippen LogP contribution is -2.42. The maximum atomic E-state index is 12.8. The summed E-state index contributed by atoms with van der Waals surface area (Å²) >= 11 is 0. The number of rotatable bonds is 10. The Morgan fingerprint density at radius 2 is 1.62 bits per heavy atom. The molecule has 2 aromatic carbocycles. The summed E-state index contributed by atoms with van der Waals surface area (Å²) in [7, 11) is -5.75. The van der Waals surface area contributed by atoms with E-state index < -0.39 is 32.0 Å². The zero-order valence-electron chi connectivity index (χ0n) is 19.4. The first-order chi connectivity index (χ1) is 16.1. The van der Waals surface area contributed by atoms with Crippen LogP contribution in [0, 0.1) is 0 Å². The fraction of sp³-hybridized carbons (Fsp3) is 0.435. The summed E-state index contributed by atoms with van der Waals surface area (Å²) in [5, 5.41) is 2.71. The van der Waals surface area contributed by atoms with Gasteiger partial charge in [-0.15, -0.1) is 0 Å². The Morgan fingerprint density at radius 3 is 2.21 bits per heavy atom. The summed E-state index contributed by atoms with van der Waals surface area (Å²) < 4.78 is 57.7. The Kier molecular flexibility index (Phi) is 8.69. The molecule has 1 saturated heterocycles. The summed E-state index contributed by atoms with van der Waals surface area (Å²) in [6, 6.07) is 13.9. The molecule has 0 bridgehead atoms. The van der Waals surface area contributed by atoms with E-state index in [0.29, 0.717) is 24.4 Å². The van der Waals surface area contributed by atoms with E-state index in [9.17, 15) is 21.6 Å². The largest absolute Gasteiger partial charge is 0.492 e. The molecule has 0 aromatic heterocycles. The highest BCUT2D eigenvalue weighted by Gasteiger charge is 2.30. The summed E-state index contributed by atoms with van der Waals surface area (Å²) in [5.74, 6) is 0.00500. The van der Waals surface area contributed by atoms with Crippen molar-refractivity contribution < 1.29 is 26.4 Å². The Bertz CT molecular complexity index is 1160. The minimum absolute atomic E-state index is 0.133. The summed E-state index contributed by atoms with van der Waals surface area (Å²) in [6.45, 7) is 1.36. The van der Waals surface area contributed by atoms with Crippen LogP contribution in [0.3, 0.4) is 0 Å². The first kappa shape index (κ1) is 26.1. The monoisotopic (exact) mass is 509 g/mol. The van der Waals surface area contributed by atoms with Crippen molar-refractivity contribution >= 4 is 26.0 Å². The van der Waals surface area contributed by atoms with Crippen molar-refractivity contribution in [1.29, 1.82) is 0 Å². The Hall–Kier alpha value is -2.47. The van der Waals surface area contributed by atoms with Gasteiger partial charge < -0.3 is 10.1 Å². The van der Waals surface area contributed by atoms with Crippen LogP contribution in [0.1, 0.15) is 30.9 Å². The van der Waals surface area contributed by atoms with Crippen molar-refractivity contribution in [3.63, 3.8) is 0 Å². The van der Waals surface area contributed by atoms with Crippen LogP contribution in [-0.2, 0) is 24.8 Å². The molecule has 1 aliphatic rings. The smallest absolute Gasteiger partial charge is 0.243 e. The summed E-state index contributed by atoms with van der Waals surface area (Å²) in [5.41, 5.74) is 0.555. The molecular weight excluding hydrogens is 478 g/mol. The van der Waals surface area contributed by atoms with Gasteiger partial charge in [0.25, 0.3) is 0 Å². The highest BCUT2D eigenvalue weighted by molar-refractivity contribution is 7.89. The Morgan fingerprint density at radius 1 is 1.00 bits per heavy atom. The van der Waals surface area contributed by atoms with Gasteiger partial charge in [-0.25, -0.2) is 16.8 Å². The van der Waals surface area contributed by atoms with E-state index in [1.807, 2.05) is 0 Å². The van der Waals surface area contributed by atoms with Crippen molar-refractivity contribution in [2.24, 2.45) is 0 Å². The second-order valence-electron chi connectivity index (χ2n) is 8.17. The molecule has 1 amide bonds. The van der Waals surface area contributed by atoms with Gasteiger partial charge in [0, 0.05) is 20.1 Å². The fourth-order valence-electron chi connectivity index (χ4n) is 3.76. The van der Waals surface area contributed by atoms with Crippen molar-refractivity contribution in [2.75, 3.05) is 39.5 Å². The molecule has 1 fully saturated rings. The molecule has 186 valence electrons. The summed E-state index contributed by atoms with van der Waals surface area (Å²) in [6.07, 6.45) is 3.84. The zero-order chi connectivity index (χ0) is 24.8. The molecule has 1 N–H and O–H groups in total. The minimum Gasteiger partial charge on any atom is -0.492 e. The van der Waals surface area contributed by atoms with Gasteiger partial charge in [0.15, 0.2) is 0 Å². The average molecular weight is 510 g/mol. The molecule has 0 unspecified atom stereocenters. The number of carbonyl (C=O) groups is 1. The predicted molar refractivity (Wildman–Crippen MR) is 129 cm³/mol. The number of carbonyl (C=O) groups excluding carboxylic acids is 1. The van der Waals surface area contributed by atoms with Crippen LogP contribution in [0.15, 0.2) is 59.5 Å². The molecule has 0 saturated carbocycles. The van der Waals surface area contributed by atoms with Crippen LogP contribution in [0.2, 0.25) is 0 Å². The number of hydrogen-bond donors (Lipinski definition) is 1. The van der Waals surface area contributed by atoms with Gasteiger partial charge in [-0.1, -0.05) is 36.8 Å². The number of amides is 1. The van der Waals surface area contributed by atoms with Gasteiger partial charge in [0.05, 0.1) is 17.7 Å². The lowest BCUT2D eigenvalue weighted by molar-refractivity contribution is -0.124. The van der Waals surface area contributed by atoms with Gasteiger partial charge in [0.1, 0.15) is 18.4 Å². The number of piperidine rings is 1. The van der Waals surface area contributed by atoms with Crippen molar-refractivity contribution in [1.82, 2.24) is 13.9 Å². The number of hydrogen-bond acceptors (Lipinski definition) is 6. The summed E-state index contributed by atoms with van der Waals surface area (Å²) in [4.78, 5) is 13.0. The lowest BCUT2D eigenvalue weighted by Gasteiger charge is -2.26. The maximum absolute atomic E-state index is 12.8. The first-order valence-corrected chi connectivity index (χ1v) is 14.4. The Labute approximate surface area is 201 Å². The second-order valence-corrected chi connectivity index (χ2v) is 12.1. The highest BCUT2D eigenvalue weighted by Crippen LogP contribution is 2.23. The van der Waals surface area contributed by atoms with Crippen molar-refractivity contribution in [3.8, 4) is 5.75 Å². The van der Waals surface area contributed by atoms with Gasteiger partial charge in [-0.05, 0) is 42.7 Å². The quantitative estimate of drug-likeness (QED) is 0.490. The standard InChI is InChI=1S/C23H31N3O6S2/c1-25(33(2,28)29)22(19-9-5-3-6-10-19)23(27)24-15-18-32-20-11-13-21(14-12-20)34(30,31)26-16-7-4-8-17-26/h3,5-6,9-14,22H,4,7-8,15-18H2,1-2H3,(H,24,27)/t22-/m0/s1. The molecule has 11 heteroatoms. The third-order valence-electron chi connectivity index (χ3n) is 5.70. The molecule has 1 heterocycles. The van der Waals surface area contributed by atoms with E-state index in [1.54, 1.807) is 42.5 Å². The molecule has 9 nitrogen and oxygen atoms in total. The van der Waals surface area contributed by atoms with E-state index in [-0.39, 0.29) is 18.0 Å². The molecule has 0 radical (unpaired) electrons. The van der Waals surface area contributed by atoms with E-state index in [4.69, 9.17) is 4.74 Å². The van der Waals surface area contributed by atoms with Crippen LogP contribution in [0.25, 0.3) is 0 Å². The predicted octanol–water partition coefficient (Wildman–Crippen LogP) is 1.99. The normalized spacial score (nSPS) is 16.2. The van der Waals surface area contributed by atoms with E-state index in [2.05, 4.69) is 5.32 Å². The third kappa shape index (κ3) is 6.56. The second kappa shape index (κ2) is 11.3. The fourth-order valence-corrected chi connectivity index (χ4v) is 5.87. The topological polar surface area (TPSA) is 113 Å². The average Bonchev–Trinajstić information content (AvgIpc) is 2.83. The SMILES string of the molecule is CN([C@H](C(=O)NCCOc1ccc(S(=O)(=O)N2CCCCC2)cc1)c1ccccc1)S(C)(=O)=O. The van der Waals surface area contributed by atoms with Crippen molar-refractivity contribution in [3.05, 3.63) is 60.2 Å². The lowest BCUT2D eigenvalue weighted by atomic mass is 10.1. The van der Waals surface area contributed by atoms with Crippen LogP contribution in [0.5, 0.6) is 5.75 Å². The number of likely N-dealkylation sites (N-methyl/N-ethyl adjacent to an activating group) is 1. The van der Waals surface area contributed by atoms with E-state index >= 15 is 0 Å². The van der Waals surface area contributed by atoms with Gasteiger partial charge in [-0.2, -0.15) is 8.61 Å². The molecule has 3 rings (SSSR count). The third-order valence-corrected chi connectivity index (χ3v) is 8.87. The zero-order valence-corrected chi connectivity index (χ0v) is 21.0. The number of ether oxygens (including phenoxy) is 1. The van der Waals surface area contributed by atoms with E-state index in [1.165, 1.54) is 23.5 Å². The first-order valence-electron chi connectivity index (χ1n) is 11.1. The molecule has 2 aromatic rings. The van der Waals surface area contributed by atoms with Crippen LogP contribution in [0.4, 0.5) is 0 Å². The number of benzene rings is 2. The van der Waals surface area contributed by atoms with Crippen LogP contribution < -0.4 is 10.1 Å². The molecule has 1 atom stereocenters. The van der Waals surface area contributed by atoms with Crippen LogP contribution in [-0.4, -0.2) is 70.9 Å². The molecule has 34 heavy (non-hydrogen) atoms. The van der Waals surface area contributed by atoms with Gasteiger partial charge in [0.2, 0.25) is 26.0 Å². The van der Waals surface area contributed by atoms with Crippen LogP contribution >= 0.6 is 0 Å². The minimum atomic E-state index is -3.60. The van der Waals surface area contributed by atoms with Gasteiger partial charge in [-0.3, -0.25) is 4.79 Å². The van der Waals surface area contributed by atoms with Gasteiger partial charge >= 0.3 is 0 Å². The maximum Gasteiger partial charge on any atom is 0.243 e. The number of sulfonamides is 2. The van der Waals surface area contributed by atoms with Crippen molar-refractivity contribution in [2.45, 2.75) is 30.2 Å². The molecular formula is C23H31N3O6S2. The highest BCUT2D eigenvalue weighted by atomic mass is 32.2.